The van der Waals surface area contributed by atoms with Crippen LogP contribution in [0.1, 0.15) is 46.5 Å². The number of anilines is 2. The second-order valence-corrected chi connectivity index (χ2v) is 9.61. The molecule has 2 aromatic heterocycles. The molecule has 0 unspecified atom stereocenters. The number of aromatic nitrogens is 3. The SMILES string of the molecule is CC(C)(C)OC(=O)[C@H]1CCC[C@@H](Nc2ncc(F)c(-c3cccc(N4CCOCC4=O)n3)n2)C1. The molecule has 0 radical (unpaired) electrons. The molecular formula is C24H30FN5O4. The van der Waals surface area contributed by atoms with Crippen molar-refractivity contribution < 1.29 is 23.5 Å². The summed E-state index contributed by atoms with van der Waals surface area (Å²) in [5, 5.41) is 3.25. The summed E-state index contributed by atoms with van der Waals surface area (Å²) in [5.41, 5.74) is -0.186. The number of carbonyl (C=O) groups excluding carboxylic acids is 2. The van der Waals surface area contributed by atoms with Crippen LogP contribution in [0.25, 0.3) is 11.4 Å². The van der Waals surface area contributed by atoms with Gasteiger partial charge in [-0.1, -0.05) is 12.5 Å². The van der Waals surface area contributed by atoms with Crippen molar-refractivity contribution in [2.75, 3.05) is 30.0 Å². The van der Waals surface area contributed by atoms with E-state index in [1.54, 1.807) is 18.2 Å². The standard InChI is InChI=1S/C24H30FN5O4/c1-24(2,3)34-22(32)15-6-4-7-16(12-15)27-23-26-13-17(25)21(29-23)18-8-5-9-19(28-18)30-10-11-33-14-20(30)31/h5,8-9,13,15-16H,4,6-7,10-12,14H2,1-3H3,(H,26,27,29)/t15-,16+/m0/s1. The van der Waals surface area contributed by atoms with Crippen LogP contribution in [0.5, 0.6) is 0 Å². The molecule has 2 aromatic rings. The van der Waals surface area contributed by atoms with Gasteiger partial charge in [-0.05, 0) is 52.2 Å². The Labute approximate surface area is 198 Å². The third-order valence-corrected chi connectivity index (χ3v) is 5.73. The van der Waals surface area contributed by atoms with Crippen LogP contribution >= 0.6 is 0 Å². The third kappa shape index (κ3) is 5.85. The van der Waals surface area contributed by atoms with Crippen LogP contribution in [0.15, 0.2) is 24.4 Å². The minimum absolute atomic E-state index is 0.00643. The van der Waals surface area contributed by atoms with Gasteiger partial charge in [-0.25, -0.2) is 19.3 Å². The predicted molar refractivity (Wildman–Crippen MR) is 124 cm³/mol. The average molecular weight is 472 g/mol. The van der Waals surface area contributed by atoms with E-state index in [1.807, 2.05) is 20.8 Å². The van der Waals surface area contributed by atoms with E-state index in [-0.39, 0.29) is 42.1 Å². The average Bonchev–Trinajstić information content (AvgIpc) is 2.80. The number of nitrogens with one attached hydrogen (secondary N) is 1. The quantitative estimate of drug-likeness (QED) is 0.662. The molecule has 34 heavy (non-hydrogen) atoms. The second-order valence-electron chi connectivity index (χ2n) is 9.61. The van der Waals surface area contributed by atoms with E-state index in [2.05, 4.69) is 20.3 Å². The third-order valence-electron chi connectivity index (χ3n) is 5.73. The molecule has 1 aliphatic carbocycles. The molecule has 1 aliphatic heterocycles. The van der Waals surface area contributed by atoms with Crippen molar-refractivity contribution in [2.24, 2.45) is 5.92 Å². The molecule has 2 aliphatic rings. The van der Waals surface area contributed by atoms with Crippen LogP contribution in [-0.4, -0.2) is 58.2 Å². The minimum Gasteiger partial charge on any atom is -0.460 e. The zero-order valence-electron chi connectivity index (χ0n) is 19.7. The van der Waals surface area contributed by atoms with E-state index >= 15 is 0 Å². The first-order valence-corrected chi connectivity index (χ1v) is 11.6. The Hall–Kier alpha value is -3.14. The van der Waals surface area contributed by atoms with Crippen LogP contribution in [0.4, 0.5) is 16.2 Å². The van der Waals surface area contributed by atoms with Crippen molar-refractivity contribution in [1.82, 2.24) is 15.0 Å². The van der Waals surface area contributed by atoms with Crippen LogP contribution in [0, 0.1) is 11.7 Å². The van der Waals surface area contributed by atoms with E-state index in [9.17, 15) is 14.0 Å². The lowest BCUT2D eigenvalue weighted by molar-refractivity contribution is -0.161. The van der Waals surface area contributed by atoms with Crippen LogP contribution < -0.4 is 10.2 Å². The number of hydrogen-bond acceptors (Lipinski definition) is 8. The van der Waals surface area contributed by atoms with Gasteiger partial charge in [0, 0.05) is 6.04 Å². The molecule has 1 saturated carbocycles. The van der Waals surface area contributed by atoms with Gasteiger partial charge in [-0.15, -0.1) is 0 Å². The van der Waals surface area contributed by atoms with E-state index < -0.39 is 11.4 Å². The van der Waals surface area contributed by atoms with Crippen molar-refractivity contribution in [2.45, 2.75) is 58.1 Å². The van der Waals surface area contributed by atoms with Gasteiger partial charge in [0.2, 0.25) is 5.95 Å². The number of halogens is 1. The first kappa shape index (κ1) is 24.0. The number of carbonyl (C=O) groups is 2. The lowest BCUT2D eigenvalue weighted by Crippen LogP contribution is -2.42. The summed E-state index contributed by atoms with van der Waals surface area (Å²) in [5.74, 6) is -0.517. The summed E-state index contributed by atoms with van der Waals surface area (Å²) < 4.78 is 25.4. The summed E-state index contributed by atoms with van der Waals surface area (Å²) >= 11 is 0. The van der Waals surface area contributed by atoms with E-state index in [4.69, 9.17) is 9.47 Å². The molecule has 2 atom stereocenters. The predicted octanol–water partition coefficient (Wildman–Crippen LogP) is 3.35. The minimum atomic E-state index is -0.612. The van der Waals surface area contributed by atoms with E-state index in [0.29, 0.717) is 31.1 Å². The monoisotopic (exact) mass is 471 g/mol. The van der Waals surface area contributed by atoms with Gasteiger partial charge in [0.15, 0.2) is 5.82 Å². The van der Waals surface area contributed by atoms with Gasteiger partial charge in [0.25, 0.3) is 5.91 Å². The maximum atomic E-state index is 14.7. The zero-order chi connectivity index (χ0) is 24.3. The van der Waals surface area contributed by atoms with E-state index in [1.165, 1.54) is 4.90 Å². The lowest BCUT2D eigenvalue weighted by Gasteiger charge is -2.30. The second kappa shape index (κ2) is 10.0. The lowest BCUT2D eigenvalue weighted by atomic mass is 9.85. The van der Waals surface area contributed by atoms with E-state index in [0.717, 1.165) is 25.5 Å². The zero-order valence-corrected chi connectivity index (χ0v) is 19.7. The number of rotatable bonds is 5. The van der Waals surface area contributed by atoms with Gasteiger partial charge in [0.1, 0.15) is 23.7 Å². The first-order valence-electron chi connectivity index (χ1n) is 11.6. The van der Waals surface area contributed by atoms with Crippen molar-refractivity contribution in [3.8, 4) is 11.4 Å². The molecule has 182 valence electrons. The van der Waals surface area contributed by atoms with Crippen molar-refractivity contribution in [3.05, 3.63) is 30.2 Å². The summed E-state index contributed by atoms with van der Waals surface area (Å²) in [7, 11) is 0. The maximum Gasteiger partial charge on any atom is 0.309 e. The highest BCUT2D eigenvalue weighted by Gasteiger charge is 2.31. The Morgan fingerprint density at radius 2 is 2.09 bits per heavy atom. The fraction of sp³-hybridized carbons (Fsp3) is 0.542. The first-order chi connectivity index (χ1) is 16.2. The number of esters is 1. The van der Waals surface area contributed by atoms with Gasteiger partial charge in [-0.2, -0.15) is 0 Å². The number of ether oxygens (including phenoxy) is 2. The molecule has 0 spiro atoms. The van der Waals surface area contributed by atoms with Crippen LogP contribution in [0.3, 0.4) is 0 Å². The molecule has 4 rings (SSSR count). The Morgan fingerprint density at radius 3 is 2.85 bits per heavy atom. The number of amides is 1. The van der Waals surface area contributed by atoms with Crippen LogP contribution in [-0.2, 0) is 19.1 Å². The molecule has 9 nitrogen and oxygen atoms in total. The maximum absolute atomic E-state index is 14.7. The van der Waals surface area contributed by atoms with Crippen molar-refractivity contribution in [1.29, 1.82) is 0 Å². The molecule has 10 heteroatoms. The summed E-state index contributed by atoms with van der Waals surface area (Å²) in [4.78, 5) is 39.1. The molecule has 1 N–H and O–H groups in total. The Kier molecular flexibility index (Phi) is 7.06. The normalized spacial score (nSPS) is 21.3. The summed E-state index contributed by atoms with van der Waals surface area (Å²) in [6.07, 6.45) is 4.19. The Balaban J connectivity index is 1.49. The fourth-order valence-corrected chi connectivity index (χ4v) is 4.18. The largest absolute Gasteiger partial charge is 0.460 e. The molecule has 0 bridgehead atoms. The van der Waals surface area contributed by atoms with Crippen LogP contribution in [0.2, 0.25) is 0 Å². The molecular weight excluding hydrogens is 441 g/mol. The number of pyridine rings is 1. The molecule has 2 fully saturated rings. The molecule has 1 amide bonds. The molecule has 0 aromatic carbocycles. The van der Waals surface area contributed by atoms with Gasteiger partial charge >= 0.3 is 5.97 Å². The van der Waals surface area contributed by atoms with Crippen molar-refractivity contribution in [3.63, 3.8) is 0 Å². The molecule has 3 heterocycles. The fourth-order valence-electron chi connectivity index (χ4n) is 4.18. The Bertz CT molecular complexity index is 1060. The smallest absolute Gasteiger partial charge is 0.309 e. The highest BCUT2D eigenvalue weighted by Crippen LogP contribution is 2.29. The number of nitrogens with zero attached hydrogens (tertiary/aromatic N) is 4. The Morgan fingerprint density at radius 1 is 1.26 bits per heavy atom. The van der Waals surface area contributed by atoms with Gasteiger partial charge in [-0.3, -0.25) is 14.5 Å². The van der Waals surface area contributed by atoms with Gasteiger partial charge in [0.05, 0.1) is 31.0 Å². The topological polar surface area (TPSA) is 107 Å². The summed E-state index contributed by atoms with van der Waals surface area (Å²) in [6.45, 7) is 6.36. The number of hydrogen-bond donors (Lipinski definition) is 1. The van der Waals surface area contributed by atoms with Crippen molar-refractivity contribution >= 4 is 23.6 Å². The number of morpholine rings is 1. The summed E-state index contributed by atoms with van der Waals surface area (Å²) in [6, 6.07) is 5.02. The highest BCUT2D eigenvalue weighted by atomic mass is 19.1. The molecule has 1 saturated heterocycles. The highest BCUT2D eigenvalue weighted by molar-refractivity contribution is 5.94. The van der Waals surface area contributed by atoms with Gasteiger partial charge < -0.3 is 14.8 Å².